The number of amides is 1. The first-order valence-corrected chi connectivity index (χ1v) is 9.69. The van der Waals surface area contributed by atoms with Gasteiger partial charge in [-0.15, -0.1) is 12.4 Å². The van der Waals surface area contributed by atoms with Gasteiger partial charge in [-0.25, -0.2) is 4.98 Å². The lowest BCUT2D eigenvalue weighted by molar-refractivity contribution is 0.0977. The lowest BCUT2D eigenvalue weighted by Crippen LogP contribution is -2.34. The molecule has 10 heteroatoms. The minimum atomic E-state index is -0.136. The summed E-state index contributed by atoms with van der Waals surface area (Å²) in [5.74, 6) is 0.501. The molecule has 0 aliphatic rings. The highest BCUT2D eigenvalue weighted by molar-refractivity contribution is 7.23. The molecule has 3 rings (SSSR count). The van der Waals surface area contributed by atoms with E-state index in [2.05, 4.69) is 15.0 Å². The highest BCUT2D eigenvalue weighted by Crippen LogP contribution is 2.39. The first-order chi connectivity index (χ1) is 12.9. The van der Waals surface area contributed by atoms with Gasteiger partial charge in [0.2, 0.25) is 0 Å². The Morgan fingerprint density at radius 3 is 2.64 bits per heavy atom. The van der Waals surface area contributed by atoms with E-state index in [4.69, 9.17) is 16.3 Å². The summed E-state index contributed by atoms with van der Waals surface area (Å²) in [6, 6.07) is 5.28. The van der Waals surface area contributed by atoms with Crippen LogP contribution < -0.4 is 9.64 Å². The molecule has 0 unspecified atom stereocenters. The van der Waals surface area contributed by atoms with Gasteiger partial charge in [0.05, 0.1) is 16.8 Å². The van der Waals surface area contributed by atoms with Crippen molar-refractivity contribution >= 4 is 56.6 Å². The Labute approximate surface area is 179 Å². The van der Waals surface area contributed by atoms with Crippen LogP contribution in [-0.2, 0) is 7.05 Å². The average molecular weight is 444 g/mol. The zero-order chi connectivity index (χ0) is 19.6. The second kappa shape index (κ2) is 9.56. The molecule has 0 N–H and O–H groups in total. The SMILES string of the molecule is COc1ccc(Cl)c2sc(N(CCCN(C)C)C(=O)c3ccnn3C)nc12.Cl. The summed E-state index contributed by atoms with van der Waals surface area (Å²) >= 11 is 7.74. The van der Waals surface area contributed by atoms with Crippen LogP contribution in [0.2, 0.25) is 5.02 Å². The van der Waals surface area contributed by atoms with Crippen molar-refractivity contribution in [2.45, 2.75) is 6.42 Å². The van der Waals surface area contributed by atoms with Gasteiger partial charge in [-0.2, -0.15) is 5.10 Å². The van der Waals surface area contributed by atoms with Crippen LogP contribution in [0, 0.1) is 0 Å². The van der Waals surface area contributed by atoms with Crippen LogP contribution >= 0.6 is 35.3 Å². The molecule has 2 heterocycles. The summed E-state index contributed by atoms with van der Waals surface area (Å²) in [7, 11) is 7.37. The molecule has 0 radical (unpaired) electrons. The second-order valence-corrected chi connectivity index (χ2v) is 7.76. The number of carbonyl (C=O) groups excluding carboxylic acids is 1. The third-order valence-electron chi connectivity index (χ3n) is 4.17. The van der Waals surface area contributed by atoms with Crippen molar-refractivity contribution in [3.8, 4) is 5.75 Å². The molecule has 152 valence electrons. The van der Waals surface area contributed by atoms with Crippen molar-refractivity contribution in [1.82, 2.24) is 19.7 Å². The van der Waals surface area contributed by atoms with Crippen molar-refractivity contribution < 1.29 is 9.53 Å². The largest absolute Gasteiger partial charge is 0.494 e. The number of aromatic nitrogens is 3. The van der Waals surface area contributed by atoms with Gasteiger partial charge in [-0.1, -0.05) is 22.9 Å². The number of aryl methyl sites for hydroxylation is 1. The van der Waals surface area contributed by atoms with Crippen LogP contribution in [0.4, 0.5) is 5.13 Å². The topological polar surface area (TPSA) is 63.5 Å². The number of nitrogens with zero attached hydrogens (tertiary/aromatic N) is 5. The highest BCUT2D eigenvalue weighted by atomic mass is 35.5. The maximum absolute atomic E-state index is 13.2. The highest BCUT2D eigenvalue weighted by Gasteiger charge is 2.24. The minimum absolute atomic E-state index is 0. The van der Waals surface area contributed by atoms with Crippen molar-refractivity contribution in [2.24, 2.45) is 7.05 Å². The molecule has 0 saturated heterocycles. The van der Waals surface area contributed by atoms with Gasteiger partial charge >= 0.3 is 0 Å². The Hall–Kier alpha value is -1.87. The monoisotopic (exact) mass is 443 g/mol. The molecule has 2 aromatic heterocycles. The van der Waals surface area contributed by atoms with Gasteiger partial charge in [-0.05, 0) is 45.3 Å². The van der Waals surface area contributed by atoms with Crippen molar-refractivity contribution in [3.05, 3.63) is 35.1 Å². The van der Waals surface area contributed by atoms with Crippen molar-refractivity contribution in [2.75, 3.05) is 39.2 Å². The van der Waals surface area contributed by atoms with Gasteiger partial charge in [0.1, 0.15) is 17.0 Å². The number of anilines is 1. The first-order valence-electron chi connectivity index (χ1n) is 8.50. The molecule has 0 atom stereocenters. The average Bonchev–Trinajstić information content (AvgIpc) is 3.25. The number of carbonyl (C=O) groups is 1. The number of halogens is 2. The molecule has 0 spiro atoms. The predicted octanol–water partition coefficient (Wildman–Crippen LogP) is 3.71. The number of hydrogen-bond acceptors (Lipinski definition) is 6. The lowest BCUT2D eigenvalue weighted by Gasteiger charge is -2.20. The zero-order valence-electron chi connectivity index (χ0n) is 16.2. The Morgan fingerprint density at radius 2 is 2.04 bits per heavy atom. The van der Waals surface area contributed by atoms with Crippen LogP contribution in [0.3, 0.4) is 0 Å². The predicted molar refractivity (Wildman–Crippen MR) is 116 cm³/mol. The van der Waals surface area contributed by atoms with Crippen LogP contribution in [-0.4, -0.2) is 59.9 Å². The van der Waals surface area contributed by atoms with Gasteiger partial charge in [0, 0.05) is 19.8 Å². The van der Waals surface area contributed by atoms with Crippen LogP contribution in [0.25, 0.3) is 10.2 Å². The molecular formula is C18H23Cl2N5O2S. The standard InChI is InChI=1S/C18H22ClN5O2S.ClH/c1-22(2)10-5-11-24(17(25)13-8-9-20-23(13)3)18-21-15-14(26-4)7-6-12(19)16(15)27-18;/h6-9H,5,10-11H2,1-4H3;1H. The molecule has 1 amide bonds. The Bertz CT molecular complexity index is 957. The van der Waals surface area contributed by atoms with E-state index >= 15 is 0 Å². The Balaban J connectivity index is 0.00000280. The van der Waals surface area contributed by atoms with E-state index < -0.39 is 0 Å². The van der Waals surface area contributed by atoms with E-state index in [9.17, 15) is 4.79 Å². The van der Waals surface area contributed by atoms with Gasteiger partial charge in [-0.3, -0.25) is 14.4 Å². The number of rotatable bonds is 7. The van der Waals surface area contributed by atoms with Crippen LogP contribution in [0.5, 0.6) is 5.75 Å². The Kier molecular flexibility index (Phi) is 7.65. The molecule has 0 bridgehead atoms. The molecule has 7 nitrogen and oxygen atoms in total. The Morgan fingerprint density at radius 1 is 1.29 bits per heavy atom. The number of methoxy groups -OCH3 is 1. The summed E-state index contributed by atoms with van der Waals surface area (Å²) in [5, 5.41) is 5.30. The van der Waals surface area contributed by atoms with Crippen LogP contribution in [0.15, 0.2) is 24.4 Å². The van der Waals surface area contributed by atoms with E-state index in [1.807, 2.05) is 14.1 Å². The summed E-state index contributed by atoms with van der Waals surface area (Å²) in [4.78, 5) is 21.6. The first kappa shape index (κ1) is 22.4. The van der Waals surface area contributed by atoms with Crippen molar-refractivity contribution in [3.63, 3.8) is 0 Å². The molecule has 3 aromatic rings. The summed E-state index contributed by atoms with van der Waals surface area (Å²) in [6.07, 6.45) is 2.43. The summed E-state index contributed by atoms with van der Waals surface area (Å²) in [6.45, 7) is 1.41. The fraction of sp³-hybridized carbons (Fsp3) is 0.389. The van der Waals surface area contributed by atoms with Crippen molar-refractivity contribution in [1.29, 1.82) is 0 Å². The third-order valence-corrected chi connectivity index (χ3v) is 5.71. The number of ether oxygens (including phenoxy) is 1. The maximum Gasteiger partial charge on any atom is 0.278 e. The number of hydrogen-bond donors (Lipinski definition) is 0. The number of thiazole rings is 1. The molecule has 0 fully saturated rings. The summed E-state index contributed by atoms with van der Waals surface area (Å²) < 4.78 is 7.78. The van der Waals surface area contributed by atoms with E-state index in [0.717, 1.165) is 17.7 Å². The fourth-order valence-corrected chi connectivity index (χ4v) is 4.05. The van der Waals surface area contributed by atoms with E-state index in [-0.39, 0.29) is 18.3 Å². The summed E-state index contributed by atoms with van der Waals surface area (Å²) in [5.41, 5.74) is 1.18. The fourth-order valence-electron chi connectivity index (χ4n) is 2.77. The third kappa shape index (κ3) is 4.57. The quantitative estimate of drug-likeness (QED) is 0.556. The number of fused-ring (bicyclic) bond motifs is 1. The van der Waals surface area contributed by atoms with E-state index in [0.29, 0.717) is 33.7 Å². The minimum Gasteiger partial charge on any atom is -0.494 e. The maximum atomic E-state index is 13.2. The molecule has 28 heavy (non-hydrogen) atoms. The van der Waals surface area contributed by atoms with Gasteiger partial charge in [0.25, 0.3) is 5.91 Å². The van der Waals surface area contributed by atoms with Crippen LogP contribution in [0.1, 0.15) is 16.9 Å². The molecule has 0 aliphatic carbocycles. The van der Waals surface area contributed by atoms with E-state index in [1.165, 1.54) is 11.3 Å². The molecule has 0 aliphatic heterocycles. The molecule has 1 aromatic carbocycles. The smallest absolute Gasteiger partial charge is 0.278 e. The molecular weight excluding hydrogens is 421 g/mol. The normalized spacial score (nSPS) is 10.9. The van der Waals surface area contributed by atoms with Gasteiger partial charge in [0.15, 0.2) is 5.13 Å². The number of benzene rings is 1. The van der Waals surface area contributed by atoms with E-state index in [1.54, 1.807) is 48.1 Å². The molecule has 0 saturated carbocycles. The lowest BCUT2D eigenvalue weighted by atomic mass is 10.3. The zero-order valence-corrected chi connectivity index (χ0v) is 18.6. The van der Waals surface area contributed by atoms with Gasteiger partial charge < -0.3 is 9.64 Å². The second-order valence-electron chi connectivity index (χ2n) is 6.38.